The van der Waals surface area contributed by atoms with Crippen molar-refractivity contribution >= 4 is 81.1 Å². The molecule has 0 saturated carbocycles. The normalized spacial score (nSPS) is 9.45. The second-order valence-corrected chi connectivity index (χ2v) is 8.09. The Morgan fingerprint density at radius 2 is 0.667 bits per heavy atom. The molecule has 4 aromatic rings. The Morgan fingerprint density at radius 1 is 0.485 bits per heavy atom. The van der Waals surface area contributed by atoms with Crippen molar-refractivity contribution in [3.05, 3.63) is 98.1 Å². The van der Waals surface area contributed by atoms with E-state index >= 15 is 0 Å². The Hall–Kier alpha value is -2.66. The third-order valence-electron chi connectivity index (χ3n) is 4.05. The third kappa shape index (κ3) is 7.71. The minimum absolute atomic E-state index is 0. The van der Waals surface area contributed by atoms with Crippen molar-refractivity contribution in [3.63, 3.8) is 0 Å². The van der Waals surface area contributed by atoms with Gasteiger partial charge in [0.05, 0.1) is 0 Å². The van der Waals surface area contributed by atoms with E-state index in [0.717, 1.165) is 22.7 Å². The first-order chi connectivity index (χ1) is 15.6. The van der Waals surface area contributed by atoms with Crippen molar-refractivity contribution in [2.45, 2.75) is 0 Å². The first-order valence-electron chi connectivity index (χ1n) is 9.20. The first-order valence-corrected chi connectivity index (χ1v) is 10.8. The molecule has 4 heterocycles. The third-order valence-corrected chi connectivity index (χ3v) is 4.78. The van der Waals surface area contributed by atoms with Crippen molar-refractivity contribution in [2.24, 2.45) is 0 Å². The molecule has 4 aromatic heterocycles. The molecule has 0 fully saturated rings. The predicted molar refractivity (Wildman–Crippen MR) is 141 cm³/mol. The van der Waals surface area contributed by atoms with Crippen LogP contribution in [0, 0.1) is 0 Å². The molecular formula is C22H16CuN6S4. The number of hydrogen-bond donors (Lipinski definition) is 0. The van der Waals surface area contributed by atoms with E-state index in [1.807, 2.05) is 48.5 Å². The van der Waals surface area contributed by atoms with Crippen LogP contribution < -0.4 is 9.80 Å². The second-order valence-electron chi connectivity index (χ2n) is 6.02. The van der Waals surface area contributed by atoms with Crippen LogP contribution >= 0.6 is 24.4 Å². The van der Waals surface area contributed by atoms with Crippen LogP contribution in [-0.4, -0.2) is 28.6 Å². The predicted octanol–water partition coefficient (Wildman–Crippen LogP) is 4.89. The van der Waals surface area contributed by atoms with E-state index in [1.165, 1.54) is 0 Å². The molecule has 11 heteroatoms. The molecule has 33 heavy (non-hydrogen) atoms. The maximum absolute atomic E-state index is 5.08. The van der Waals surface area contributed by atoms with Gasteiger partial charge < -0.3 is 59.5 Å². The van der Waals surface area contributed by atoms with Crippen molar-refractivity contribution < 1.29 is 17.1 Å². The molecule has 0 bridgehead atoms. The molecule has 0 aliphatic rings. The van der Waals surface area contributed by atoms with Gasteiger partial charge in [-0.25, -0.2) is 0 Å². The van der Waals surface area contributed by atoms with Crippen molar-refractivity contribution in [1.82, 2.24) is 19.9 Å². The zero-order chi connectivity index (χ0) is 22.8. The average Bonchev–Trinajstić information content (AvgIpc) is 2.82. The van der Waals surface area contributed by atoms with Gasteiger partial charge in [0.15, 0.2) is 0 Å². The van der Waals surface area contributed by atoms with Gasteiger partial charge in [-0.1, -0.05) is 8.64 Å². The molecule has 1 radical (unpaired) electrons. The van der Waals surface area contributed by atoms with Gasteiger partial charge in [-0.15, -0.1) is 0 Å². The maximum Gasteiger partial charge on any atom is 2.00 e. The van der Waals surface area contributed by atoms with Gasteiger partial charge in [0.1, 0.15) is 0 Å². The van der Waals surface area contributed by atoms with Gasteiger partial charge in [0.25, 0.3) is 0 Å². The molecule has 0 spiro atoms. The molecule has 169 valence electrons. The van der Waals surface area contributed by atoms with Crippen LogP contribution in [0.1, 0.15) is 0 Å². The van der Waals surface area contributed by atoms with Gasteiger partial charge in [-0.3, -0.25) is 19.9 Å². The average molecular weight is 556 g/mol. The molecule has 0 aliphatic carbocycles. The minimum Gasteiger partial charge on any atom is -0.411 e. The first kappa shape index (κ1) is 26.6. The number of rotatable bonds is 4. The van der Waals surface area contributed by atoms with Crippen molar-refractivity contribution in [3.8, 4) is 0 Å². The fourth-order valence-electron chi connectivity index (χ4n) is 2.69. The Labute approximate surface area is 224 Å². The number of aromatic nitrogens is 4. The Kier molecular flexibility index (Phi) is 11.1. The van der Waals surface area contributed by atoms with Crippen LogP contribution in [-0.2, 0) is 42.3 Å². The van der Waals surface area contributed by atoms with Gasteiger partial charge in [-0.05, 0) is 48.5 Å². The second kappa shape index (κ2) is 13.8. The van der Waals surface area contributed by atoms with Crippen LogP contribution in [0.5, 0.6) is 0 Å². The molecule has 6 nitrogen and oxygen atoms in total. The largest absolute Gasteiger partial charge is 2.00 e. The summed E-state index contributed by atoms with van der Waals surface area (Å²) in [6.07, 6.45) is 13.6. The summed E-state index contributed by atoms with van der Waals surface area (Å²) in [6, 6.07) is 14.9. The summed E-state index contributed by atoms with van der Waals surface area (Å²) in [6.45, 7) is 0. The summed E-state index contributed by atoms with van der Waals surface area (Å²) in [5.74, 6) is 0. The summed E-state index contributed by atoms with van der Waals surface area (Å²) in [5, 5.41) is 0. The van der Waals surface area contributed by atoms with Gasteiger partial charge in [0.2, 0.25) is 0 Å². The summed E-state index contributed by atoms with van der Waals surface area (Å²) in [4.78, 5) is 19.5. The number of hydrogen-bond acceptors (Lipinski definition) is 8. The summed E-state index contributed by atoms with van der Waals surface area (Å²) >= 11 is 20.3. The quantitative estimate of drug-likeness (QED) is 0.197. The van der Waals surface area contributed by atoms with E-state index in [4.69, 9.17) is 49.7 Å². The Balaban J connectivity index is 0.000000227. The molecule has 0 aromatic carbocycles. The zero-order valence-corrected chi connectivity index (χ0v) is 21.1. The van der Waals surface area contributed by atoms with Crippen molar-refractivity contribution in [2.75, 3.05) is 9.80 Å². The smallest absolute Gasteiger partial charge is 0.411 e. The zero-order valence-electron chi connectivity index (χ0n) is 16.9. The standard InChI is InChI=1S/2C11H9N3S2.Cu/c2*15-11(16)14(9-1-5-12-6-2-9)10-3-7-13-8-4-10;/h2*1-8H,(H,15,16);/q;;+2/p-2. The minimum atomic E-state index is 0. The van der Waals surface area contributed by atoms with E-state index in [0.29, 0.717) is 8.64 Å². The summed E-state index contributed by atoms with van der Waals surface area (Å²) < 4.78 is 0.745. The molecule has 0 atom stereocenters. The molecule has 0 amide bonds. The molecule has 0 aliphatic heterocycles. The molecule has 0 saturated heterocycles. The fourth-order valence-corrected chi connectivity index (χ4v) is 3.54. The van der Waals surface area contributed by atoms with Gasteiger partial charge in [0, 0.05) is 72.3 Å². The van der Waals surface area contributed by atoms with E-state index in [-0.39, 0.29) is 17.1 Å². The molecule has 4 rings (SSSR count). The monoisotopic (exact) mass is 555 g/mol. The van der Waals surface area contributed by atoms with E-state index < -0.39 is 0 Å². The molecular weight excluding hydrogens is 540 g/mol. The van der Waals surface area contributed by atoms with E-state index in [9.17, 15) is 0 Å². The van der Waals surface area contributed by atoms with Gasteiger partial charge in [-0.2, -0.15) is 0 Å². The number of nitrogens with zero attached hydrogens (tertiary/aromatic N) is 6. The van der Waals surface area contributed by atoms with E-state index in [1.54, 1.807) is 59.4 Å². The van der Waals surface area contributed by atoms with Crippen molar-refractivity contribution in [1.29, 1.82) is 0 Å². The Morgan fingerprint density at radius 3 is 0.818 bits per heavy atom. The van der Waals surface area contributed by atoms with Crippen LogP contribution in [0.2, 0.25) is 0 Å². The Bertz CT molecular complexity index is 967. The fraction of sp³-hybridized carbons (Fsp3) is 0. The molecule has 0 N–H and O–H groups in total. The van der Waals surface area contributed by atoms with Crippen LogP contribution in [0.25, 0.3) is 0 Å². The topological polar surface area (TPSA) is 58.0 Å². The van der Waals surface area contributed by atoms with Crippen LogP contribution in [0.3, 0.4) is 0 Å². The SMILES string of the molecule is S=C([S-])N(c1ccncc1)c1ccncc1.S=C([S-])N(c1ccncc1)c1ccncc1.[Cu+2]. The number of pyridine rings is 4. The summed E-state index contributed by atoms with van der Waals surface area (Å²) in [7, 11) is 0. The van der Waals surface area contributed by atoms with E-state index in [2.05, 4.69) is 19.9 Å². The number of anilines is 4. The summed E-state index contributed by atoms with van der Waals surface area (Å²) in [5.41, 5.74) is 3.62. The number of thiocarbonyl (C=S) groups is 2. The molecule has 0 unspecified atom stereocenters. The van der Waals surface area contributed by atoms with Crippen LogP contribution in [0.15, 0.2) is 98.1 Å². The maximum atomic E-state index is 5.08. The van der Waals surface area contributed by atoms with Crippen LogP contribution in [0.4, 0.5) is 22.7 Å². The van der Waals surface area contributed by atoms with Gasteiger partial charge >= 0.3 is 17.1 Å².